The SMILES string of the molecule is Cn1cc(-c2cnc3ccc(C(N)c4cccs4)nn23)cn1. The number of rotatable bonds is 3. The van der Waals surface area contributed by atoms with Crippen LogP contribution in [0.25, 0.3) is 16.9 Å². The lowest BCUT2D eigenvalue weighted by molar-refractivity contribution is 0.767. The van der Waals surface area contributed by atoms with Crippen molar-refractivity contribution in [1.82, 2.24) is 24.4 Å². The van der Waals surface area contributed by atoms with E-state index in [2.05, 4.69) is 15.2 Å². The van der Waals surface area contributed by atoms with E-state index in [-0.39, 0.29) is 6.04 Å². The summed E-state index contributed by atoms with van der Waals surface area (Å²) in [6.45, 7) is 0. The van der Waals surface area contributed by atoms with Gasteiger partial charge in [-0.1, -0.05) is 6.07 Å². The molecule has 6 nitrogen and oxygen atoms in total. The molecule has 2 N–H and O–H groups in total. The molecule has 0 aromatic carbocycles. The van der Waals surface area contributed by atoms with Crippen LogP contribution < -0.4 is 5.73 Å². The molecule has 0 spiro atoms. The summed E-state index contributed by atoms with van der Waals surface area (Å²) in [6, 6.07) is 7.66. The van der Waals surface area contributed by atoms with Crippen molar-refractivity contribution in [2.45, 2.75) is 6.04 Å². The van der Waals surface area contributed by atoms with E-state index >= 15 is 0 Å². The Hall–Kier alpha value is -2.51. The second-order valence-corrected chi connectivity index (χ2v) is 6.05. The fourth-order valence-corrected chi connectivity index (χ4v) is 3.16. The average molecular weight is 310 g/mol. The topological polar surface area (TPSA) is 74.0 Å². The minimum atomic E-state index is -0.228. The predicted octanol–water partition coefficient (Wildman–Crippen LogP) is 2.24. The molecule has 1 atom stereocenters. The van der Waals surface area contributed by atoms with Crippen LogP contribution in [0.1, 0.15) is 16.6 Å². The standard InChI is InChI=1S/C15H14N6S/c1-20-9-10(7-18-20)12-8-17-14-5-4-11(19-21(12)14)15(16)13-3-2-6-22-13/h2-9,15H,16H2,1H3. The van der Waals surface area contributed by atoms with Crippen molar-refractivity contribution in [3.05, 3.63) is 58.8 Å². The van der Waals surface area contributed by atoms with E-state index < -0.39 is 0 Å². The smallest absolute Gasteiger partial charge is 0.154 e. The van der Waals surface area contributed by atoms with Crippen molar-refractivity contribution in [3.63, 3.8) is 0 Å². The van der Waals surface area contributed by atoms with Crippen LogP contribution in [0.4, 0.5) is 0 Å². The number of thiophene rings is 1. The van der Waals surface area contributed by atoms with Gasteiger partial charge in [-0.25, -0.2) is 9.50 Å². The molecule has 0 saturated heterocycles. The molecule has 0 aliphatic rings. The lowest BCUT2D eigenvalue weighted by atomic mass is 10.2. The molecule has 1 unspecified atom stereocenters. The number of imidazole rings is 1. The molecule has 22 heavy (non-hydrogen) atoms. The zero-order valence-electron chi connectivity index (χ0n) is 11.9. The fourth-order valence-electron chi connectivity index (χ4n) is 2.42. The maximum atomic E-state index is 6.31. The lowest BCUT2D eigenvalue weighted by Gasteiger charge is -2.09. The largest absolute Gasteiger partial charge is 0.318 e. The Labute approximate surface area is 130 Å². The quantitative estimate of drug-likeness (QED) is 0.630. The third kappa shape index (κ3) is 2.11. The summed E-state index contributed by atoms with van der Waals surface area (Å²) in [5.74, 6) is 0. The van der Waals surface area contributed by atoms with Gasteiger partial charge in [0.15, 0.2) is 5.65 Å². The molecule has 0 bridgehead atoms. The molecule has 4 rings (SSSR count). The molecule has 0 aliphatic heterocycles. The molecule has 7 heteroatoms. The van der Waals surface area contributed by atoms with Crippen LogP contribution in [0.15, 0.2) is 48.2 Å². The van der Waals surface area contributed by atoms with Crippen LogP contribution >= 0.6 is 11.3 Å². The van der Waals surface area contributed by atoms with E-state index in [0.717, 1.165) is 27.5 Å². The first-order chi connectivity index (χ1) is 10.7. The number of nitrogens with zero attached hydrogens (tertiary/aromatic N) is 5. The van der Waals surface area contributed by atoms with Gasteiger partial charge in [-0.15, -0.1) is 11.3 Å². The summed E-state index contributed by atoms with van der Waals surface area (Å²) in [5, 5.41) is 10.9. The Bertz CT molecular complexity index is 921. The van der Waals surface area contributed by atoms with Crippen molar-refractivity contribution in [3.8, 4) is 11.3 Å². The average Bonchev–Trinajstić information content (AvgIpc) is 3.25. The second-order valence-electron chi connectivity index (χ2n) is 5.07. The van der Waals surface area contributed by atoms with Crippen LogP contribution in [0.3, 0.4) is 0 Å². The number of nitrogens with two attached hydrogens (primary N) is 1. The monoisotopic (exact) mass is 310 g/mol. The van der Waals surface area contributed by atoms with E-state index in [0.29, 0.717) is 0 Å². The molecular weight excluding hydrogens is 296 g/mol. The Kier molecular flexibility index (Phi) is 3.02. The first-order valence-corrected chi connectivity index (χ1v) is 7.73. The van der Waals surface area contributed by atoms with Gasteiger partial charge in [-0.05, 0) is 23.6 Å². The fraction of sp³-hybridized carbons (Fsp3) is 0.133. The highest BCUT2D eigenvalue weighted by atomic mass is 32.1. The maximum absolute atomic E-state index is 6.31. The van der Waals surface area contributed by atoms with Crippen molar-refractivity contribution >= 4 is 17.0 Å². The van der Waals surface area contributed by atoms with E-state index in [9.17, 15) is 0 Å². The van der Waals surface area contributed by atoms with E-state index in [1.165, 1.54) is 0 Å². The van der Waals surface area contributed by atoms with Crippen molar-refractivity contribution < 1.29 is 0 Å². The third-order valence-corrected chi connectivity index (χ3v) is 4.51. The Morgan fingerprint density at radius 2 is 2.14 bits per heavy atom. The van der Waals surface area contributed by atoms with E-state index in [1.807, 2.05) is 47.4 Å². The Morgan fingerprint density at radius 1 is 1.23 bits per heavy atom. The normalized spacial score (nSPS) is 12.8. The molecule has 0 radical (unpaired) electrons. The number of hydrogen-bond acceptors (Lipinski definition) is 5. The van der Waals surface area contributed by atoms with Gasteiger partial charge in [0.25, 0.3) is 0 Å². The van der Waals surface area contributed by atoms with Gasteiger partial charge < -0.3 is 5.73 Å². The minimum absolute atomic E-state index is 0.228. The van der Waals surface area contributed by atoms with E-state index in [1.54, 1.807) is 28.4 Å². The summed E-state index contributed by atoms with van der Waals surface area (Å²) in [4.78, 5) is 5.49. The molecular formula is C15H14N6S. The van der Waals surface area contributed by atoms with Crippen LogP contribution in [-0.4, -0.2) is 24.4 Å². The second kappa shape index (κ2) is 5.04. The maximum Gasteiger partial charge on any atom is 0.154 e. The van der Waals surface area contributed by atoms with Gasteiger partial charge in [0, 0.05) is 23.7 Å². The van der Waals surface area contributed by atoms with Crippen molar-refractivity contribution in [2.24, 2.45) is 12.8 Å². The molecule has 4 heterocycles. The first kappa shape index (κ1) is 13.2. The van der Waals surface area contributed by atoms with Crippen LogP contribution in [-0.2, 0) is 7.05 Å². The number of fused-ring (bicyclic) bond motifs is 1. The molecule has 0 saturated carbocycles. The summed E-state index contributed by atoms with van der Waals surface area (Å²) >= 11 is 1.63. The van der Waals surface area contributed by atoms with Gasteiger partial charge in [0.1, 0.15) is 0 Å². The molecule has 0 amide bonds. The van der Waals surface area contributed by atoms with Crippen molar-refractivity contribution in [1.29, 1.82) is 0 Å². The molecule has 4 aromatic rings. The Balaban J connectivity index is 1.83. The summed E-state index contributed by atoms with van der Waals surface area (Å²) in [6.07, 6.45) is 5.55. The first-order valence-electron chi connectivity index (χ1n) is 6.85. The van der Waals surface area contributed by atoms with Crippen LogP contribution in [0.2, 0.25) is 0 Å². The van der Waals surface area contributed by atoms with Crippen LogP contribution in [0, 0.1) is 0 Å². The molecule has 0 fully saturated rings. The van der Waals surface area contributed by atoms with Gasteiger partial charge in [-0.3, -0.25) is 4.68 Å². The number of aromatic nitrogens is 5. The summed E-state index contributed by atoms with van der Waals surface area (Å²) in [7, 11) is 1.89. The summed E-state index contributed by atoms with van der Waals surface area (Å²) in [5.41, 5.74) is 9.80. The van der Waals surface area contributed by atoms with Gasteiger partial charge in [0.05, 0.1) is 29.8 Å². The summed E-state index contributed by atoms with van der Waals surface area (Å²) < 4.78 is 3.58. The zero-order valence-corrected chi connectivity index (χ0v) is 12.7. The highest BCUT2D eigenvalue weighted by Crippen LogP contribution is 2.24. The third-order valence-electron chi connectivity index (χ3n) is 3.55. The van der Waals surface area contributed by atoms with Crippen LogP contribution in [0.5, 0.6) is 0 Å². The number of hydrogen-bond donors (Lipinski definition) is 1. The van der Waals surface area contributed by atoms with Crippen molar-refractivity contribution in [2.75, 3.05) is 0 Å². The predicted molar refractivity (Wildman–Crippen MR) is 85.5 cm³/mol. The Morgan fingerprint density at radius 3 is 2.86 bits per heavy atom. The van der Waals surface area contributed by atoms with Gasteiger partial charge >= 0.3 is 0 Å². The van der Waals surface area contributed by atoms with Gasteiger partial charge in [-0.2, -0.15) is 10.2 Å². The number of aryl methyl sites for hydroxylation is 1. The molecule has 4 aromatic heterocycles. The van der Waals surface area contributed by atoms with E-state index in [4.69, 9.17) is 5.73 Å². The van der Waals surface area contributed by atoms with Gasteiger partial charge in [0.2, 0.25) is 0 Å². The molecule has 110 valence electrons. The lowest BCUT2D eigenvalue weighted by Crippen LogP contribution is -2.14. The molecule has 0 aliphatic carbocycles. The highest BCUT2D eigenvalue weighted by molar-refractivity contribution is 7.10. The zero-order chi connectivity index (χ0) is 15.1. The minimum Gasteiger partial charge on any atom is -0.318 e. The highest BCUT2D eigenvalue weighted by Gasteiger charge is 2.15.